The van der Waals surface area contributed by atoms with Gasteiger partial charge in [0, 0.05) is 24.7 Å². The van der Waals surface area contributed by atoms with Crippen molar-refractivity contribution in [2.45, 2.75) is 50.6 Å². The van der Waals surface area contributed by atoms with Gasteiger partial charge in [-0.3, -0.25) is 0 Å². The van der Waals surface area contributed by atoms with E-state index in [-0.39, 0.29) is 0 Å². The maximum absolute atomic E-state index is 6.04. The van der Waals surface area contributed by atoms with Crippen molar-refractivity contribution in [2.75, 3.05) is 19.3 Å². The first kappa shape index (κ1) is 13.0. The summed E-state index contributed by atoms with van der Waals surface area (Å²) in [7, 11) is 2.18. The average molecular weight is 286 g/mol. The van der Waals surface area contributed by atoms with E-state index in [1.807, 2.05) is 10.9 Å². The van der Waals surface area contributed by atoms with Crippen LogP contribution in [0.4, 0.5) is 5.82 Å². The number of nitrogen functional groups attached to an aromatic ring is 1. The largest absolute Gasteiger partial charge is 0.380 e. The van der Waals surface area contributed by atoms with Crippen LogP contribution in [0.25, 0.3) is 11.2 Å². The molecule has 2 fully saturated rings. The average Bonchev–Trinajstić information content (AvgIpc) is 3.27. The Morgan fingerprint density at radius 1 is 1.29 bits per heavy atom. The van der Waals surface area contributed by atoms with Crippen LogP contribution >= 0.6 is 0 Å². The number of anilines is 1. The molecule has 112 valence electrons. The lowest BCUT2D eigenvalue weighted by Gasteiger charge is -2.35. The number of hydrogen-bond donors (Lipinski definition) is 1. The number of nitrogens with zero attached hydrogens (tertiary/aromatic N) is 5. The van der Waals surface area contributed by atoms with Gasteiger partial charge in [-0.15, -0.1) is 0 Å². The maximum Gasteiger partial charge on any atom is 0.179 e. The molecule has 2 aromatic rings. The van der Waals surface area contributed by atoms with Crippen molar-refractivity contribution in [1.29, 1.82) is 0 Å². The normalized spacial score (nSPS) is 27.3. The van der Waals surface area contributed by atoms with Crippen LogP contribution in [0.2, 0.25) is 0 Å². The Kier molecular flexibility index (Phi) is 2.89. The van der Waals surface area contributed by atoms with E-state index in [1.165, 1.54) is 12.8 Å². The van der Waals surface area contributed by atoms with Crippen molar-refractivity contribution in [3.63, 3.8) is 0 Å². The molecule has 6 nitrogen and oxygen atoms in total. The Hall–Kier alpha value is -1.69. The molecule has 6 heteroatoms. The molecule has 0 radical (unpaired) electrons. The van der Waals surface area contributed by atoms with E-state index < -0.39 is 0 Å². The van der Waals surface area contributed by atoms with Crippen LogP contribution in [-0.4, -0.2) is 44.3 Å². The SMILES string of the molecule is CC1CC(n2nc(N)c3ncc(C4CC4)nc32)CCN1C. The quantitative estimate of drug-likeness (QED) is 0.913. The summed E-state index contributed by atoms with van der Waals surface area (Å²) in [5.41, 5.74) is 8.77. The number of piperidine rings is 1. The molecule has 2 aromatic heterocycles. The number of hydrogen-bond acceptors (Lipinski definition) is 5. The summed E-state index contributed by atoms with van der Waals surface area (Å²) in [4.78, 5) is 11.7. The van der Waals surface area contributed by atoms with Gasteiger partial charge in [0.15, 0.2) is 17.0 Å². The first-order valence-corrected chi connectivity index (χ1v) is 7.84. The molecule has 4 rings (SSSR count). The van der Waals surface area contributed by atoms with Crippen LogP contribution in [0, 0.1) is 0 Å². The highest BCUT2D eigenvalue weighted by Crippen LogP contribution is 2.39. The van der Waals surface area contributed by atoms with Gasteiger partial charge in [-0.1, -0.05) is 0 Å². The number of likely N-dealkylation sites (tertiary alicyclic amines) is 1. The van der Waals surface area contributed by atoms with E-state index in [0.717, 1.165) is 36.2 Å². The van der Waals surface area contributed by atoms with E-state index in [2.05, 4.69) is 29.0 Å². The highest BCUT2D eigenvalue weighted by atomic mass is 15.4. The molecule has 2 unspecified atom stereocenters. The van der Waals surface area contributed by atoms with Crippen molar-refractivity contribution < 1.29 is 0 Å². The first-order valence-electron chi connectivity index (χ1n) is 7.84. The lowest BCUT2D eigenvalue weighted by molar-refractivity contribution is 0.153. The van der Waals surface area contributed by atoms with Gasteiger partial charge >= 0.3 is 0 Å². The zero-order chi connectivity index (χ0) is 14.6. The molecule has 1 saturated heterocycles. The van der Waals surface area contributed by atoms with Crippen molar-refractivity contribution in [2.24, 2.45) is 0 Å². The van der Waals surface area contributed by atoms with Gasteiger partial charge in [-0.2, -0.15) is 5.10 Å². The van der Waals surface area contributed by atoms with Crippen molar-refractivity contribution in [1.82, 2.24) is 24.6 Å². The minimum atomic E-state index is 0.375. The van der Waals surface area contributed by atoms with Gasteiger partial charge in [-0.05, 0) is 39.7 Å². The summed E-state index contributed by atoms with van der Waals surface area (Å²) >= 11 is 0. The van der Waals surface area contributed by atoms with Crippen molar-refractivity contribution in [3.8, 4) is 0 Å². The summed E-state index contributed by atoms with van der Waals surface area (Å²) in [5.74, 6) is 1.11. The van der Waals surface area contributed by atoms with E-state index in [0.29, 0.717) is 23.8 Å². The molecule has 3 heterocycles. The van der Waals surface area contributed by atoms with Gasteiger partial charge in [0.25, 0.3) is 0 Å². The van der Waals surface area contributed by atoms with Gasteiger partial charge in [0.2, 0.25) is 0 Å². The first-order chi connectivity index (χ1) is 10.1. The van der Waals surface area contributed by atoms with Gasteiger partial charge in [0.1, 0.15) is 0 Å². The second kappa shape index (κ2) is 4.66. The second-order valence-corrected chi connectivity index (χ2v) is 6.58. The minimum absolute atomic E-state index is 0.375. The van der Waals surface area contributed by atoms with Crippen molar-refractivity contribution >= 4 is 17.0 Å². The minimum Gasteiger partial charge on any atom is -0.380 e. The standard InChI is InChI=1S/C15H22N6/c1-9-7-11(5-6-20(9)2)21-15-13(14(16)19-21)17-8-12(18-15)10-3-4-10/h8-11H,3-7H2,1-2H3,(H2,16,19). The van der Waals surface area contributed by atoms with Gasteiger partial charge in [-0.25, -0.2) is 14.6 Å². The molecule has 0 amide bonds. The third-order valence-electron chi connectivity index (χ3n) is 4.97. The Labute approximate surface area is 124 Å². The Morgan fingerprint density at radius 3 is 2.81 bits per heavy atom. The van der Waals surface area contributed by atoms with Crippen LogP contribution in [0.3, 0.4) is 0 Å². The molecule has 2 aliphatic rings. The number of fused-ring (bicyclic) bond motifs is 1. The van der Waals surface area contributed by atoms with Crippen LogP contribution in [-0.2, 0) is 0 Å². The number of rotatable bonds is 2. The number of nitrogens with two attached hydrogens (primary N) is 1. The molecule has 1 aliphatic carbocycles. The molecule has 1 aliphatic heterocycles. The topological polar surface area (TPSA) is 72.9 Å². The fourth-order valence-electron chi connectivity index (χ4n) is 3.26. The monoisotopic (exact) mass is 286 g/mol. The Balaban J connectivity index is 1.75. The highest BCUT2D eigenvalue weighted by Gasteiger charge is 2.29. The fraction of sp³-hybridized carbons (Fsp3) is 0.667. The summed E-state index contributed by atoms with van der Waals surface area (Å²) in [6.07, 6.45) is 6.51. The lowest BCUT2D eigenvalue weighted by Crippen LogP contribution is -2.38. The summed E-state index contributed by atoms with van der Waals surface area (Å²) in [5, 5.41) is 4.54. The molecular weight excluding hydrogens is 264 g/mol. The van der Waals surface area contributed by atoms with Gasteiger partial charge < -0.3 is 10.6 Å². The highest BCUT2D eigenvalue weighted by molar-refractivity contribution is 5.82. The van der Waals surface area contributed by atoms with Crippen LogP contribution in [0.1, 0.15) is 50.3 Å². The molecule has 0 spiro atoms. The molecule has 0 aromatic carbocycles. The van der Waals surface area contributed by atoms with Crippen LogP contribution < -0.4 is 5.73 Å². The van der Waals surface area contributed by atoms with Crippen molar-refractivity contribution in [3.05, 3.63) is 11.9 Å². The molecular formula is C15H22N6. The van der Waals surface area contributed by atoms with E-state index in [1.54, 1.807) is 0 Å². The Bertz CT molecular complexity index is 674. The molecule has 0 bridgehead atoms. The summed E-state index contributed by atoms with van der Waals surface area (Å²) in [6, 6.07) is 0.934. The summed E-state index contributed by atoms with van der Waals surface area (Å²) in [6.45, 7) is 3.35. The fourth-order valence-corrected chi connectivity index (χ4v) is 3.26. The zero-order valence-corrected chi connectivity index (χ0v) is 12.7. The summed E-state index contributed by atoms with van der Waals surface area (Å²) < 4.78 is 2.03. The third-order valence-corrected chi connectivity index (χ3v) is 4.97. The van der Waals surface area contributed by atoms with Crippen LogP contribution in [0.15, 0.2) is 6.20 Å². The predicted molar refractivity (Wildman–Crippen MR) is 82.1 cm³/mol. The predicted octanol–water partition coefficient (Wildman–Crippen LogP) is 1.94. The zero-order valence-electron chi connectivity index (χ0n) is 12.7. The smallest absolute Gasteiger partial charge is 0.179 e. The molecule has 2 atom stereocenters. The maximum atomic E-state index is 6.04. The van der Waals surface area contributed by atoms with E-state index in [4.69, 9.17) is 10.7 Å². The number of aromatic nitrogens is 4. The van der Waals surface area contributed by atoms with Gasteiger partial charge in [0.05, 0.1) is 11.7 Å². The second-order valence-electron chi connectivity index (χ2n) is 6.58. The van der Waals surface area contributed by atoms with E-state index in [9.17, 15) is 0 Å². The van der Waals surface area contributed by atoms with E-state index >= 15 is 0 Å². The molecule has 1 saturated carbocycles. The van der Waals surface area contributed by atoms with Crippen LogP contribution in [0.5, 0.6) is 0 Å². The third kappa shape index (κ3) is 2.18. The molecule has 21 heavy (non-hydrogen) atoms. The molecule has 2 N–H and O–H groups in total. The Morgan fingerprint density at radius 2 is 2.10 bits per heavy atom. The lowest BCUT2D eigenvalue weighted by atomic mass is 9.99.